The third-order valence-corrected chi connectivity index (χ3v) is 3.15. The third kappa shape index (κ3) is 2.96. The van der Waals surface area contributed by atoms with Crippen molar-refractivity contribution in [3.63, 3.8) is 0 Å². The molecule has 0 unspecified atom stereocenters. The maximum atomic E-state index is 13.2. The van der Waals surface area contributed by atoms with Crippen molar-refractivity contribution in [3.05, 3.63) is 50.8 Å². The molecule has 1 aromatic carbocycles. The van der Waals surface area contributed by atoms with E-state index in [9.17, 15) is 23.3 Å². The molecule has 2 N–H and O–H groups in total. The van der Waals surface area contributed by atoms with Crippen LogP contribution in [0.15, 0.2) is 18.2 Å². The number of nitriles is 2. The second-order valence-electron chi connectivity index (χ2n) is 4.57. The number of rotatable bonds is 3. The zero-order chi connectivity index (χ0) is 18.1. The molecule has 24 heavy (non-hydrogen) atoms. The van der Waals surface area contributed by atoms with Crippen molar-refractivity contribution in [1.29, 1.82) is 10.5 Å². The van der Waals surface area contributed by atoms with Gasteiger partial charge in [-0.2, -0.15) is 23.7 Å². The summed E-state index contributed by atoms with van der Waals surface area (Å²) >= 11 is 0. The average molecular weight is 336 g/mol. The molecule has 1 aromatic heterocycles. The highest BCUT2D eigenvalue weighted by atomic mass is 19.4. The zero-order valence-electron chi connectivity index (χ0n) is 11.7. The molecule has 0 fully saturated rings. The number of nitro benzene ring substituents is 1. The minimum absolute atomic E-state index is 0.290. The van der Waals surface area contributed by atoms with Crippen LogP contribution in [-0.4, -0.2) is 14.5 Å². The number of hydrogen-bond donors (Lipinski definition) is 1. The van der Waals surface area contributed by atoms with Gasteiger partial charge in [0.15, 0.2) is 11.4 Å². The van der Waals surface area contributed by atoms with Gasteiger partial charge in [-0.1, -0.05) is 0 Å². The predicted octanol–water partition coefficient (Wildman–Crippen LogP) is 2.18. The minimum atomic E-state index is -4.85. The molecule has 2 rings (SSSR count). The zero-order valence-corrected chi connectivity index (χ0v) is 11.7. The normalized spacial score (nSPS) is 10.9. The second-order valence-corrected chi connectivity index (χ2v) is 4.57. The predicted molar refractivity (Wildman–Crippen MR) is 73.3 cm³/mol. The van der Waals surface area contributed by atoms with E-state index < -0.39 is 28.9 Å². The largest absolute Gasteiger partial charge is 0.416 e. The van der Waals surface area contributed by atoms with E-state index in [1.165, 1.54) is 0 Å². The first-order valence-corrected chi connectivity index (χ1v) is 6.19. The van der Waals surface area contributed by atoms with Crippen molar-refractivity contribution in [2.45, 2.75) is 12.7 Å². The number of halogens is 3. The van der Waals surface area contributed by atoms with Crippen molar-refractivity contribution >= 4 is 11.6 Å². The fourth-order valence-electron chi connectivity index (χ4n) is 2.07. The molecular formula is C13H7F3N6O2. The van der Waals surface area contributed by atoms with Crippen molar-refractivity contribution in [1.82, 2.24) is 9.55 Å². The SMILES string of the molecule is N#Cc1nc(N)n(Cc2ccc([N+](=O)[O-])cc2C(F)(F)F)c1C#N. The Balaban J connectivity index is 2.60. The van der Waals surface area contributed by atoms with E-state index >= 15 is 0 Å². The second kappa shape index (κ2) is 5.89. The van der Waals surface area contributed by atoms with Gasteiger partial charge in [0, 0.05) is 12.1 Å². The van der Waals surface area contributed by atoms with Crippen LogP contribution in [0.4, 0.5) is 24.8 Å². The van der Waals surface area contributed by atoms with E-state index in [1.807, 2.05) is 0 Å². The van der Waals surface area contributed by atoms with E-state index in [0.29, 0.717) is 6.07 Å². The molecule has 0 saturated heterocycles. The van der Waals surface area contributed by atoms with Crippen LogP contribution < -0.4 is 5.73 Å². The van der Waals surface area contributed by atoms with E-state index in [1.54, 1.807) is 12.1 Å². The van der Waals surface area contributed by atoms with E-state index in [4.69, 9.17) is 16.3 Å². The molecule has 0 atom stereocenters. The Labute approximate surface area is 132 Å². The number of nitrogens with zero attached hydrogens (tertiary/aromatic N) is 5. The van der Waals surface area contributed by atoms with E-state index in [-0.39, 0.29) is 22.9 Å². The van der Waals surface area contributed by atoms with E-state index in [2.05, 4.69) is 4.98 Å². The summed E-state index contributed by atoms with van der Waals surface area (Å²) < 4.78 is 40.4. The lowest BCUT2D eigenvalue weighted by molar-refractivity contribution is -0.385. The Bertz CT molecular complexity index is 904. The maximum Gasteiger partial charge on any atom is 0.416 e. The lowest BCUT2D eigenvalue weighted by atomic mass is 10.1. The molecule has 0 aliphatic carbocycles. The molecule has 0 bridgehead atoms. The van der Waals surface area contributed by atoms with Gasteiger partial charge in [-0.15, -0.1) is 0 Å². The number of anilines is 1. The molecule has 122 valence electrons. The van der Waals surface area contributed by atoms with Gasteiger partial charge in [-0.25, -0.2) is 4.98 Å². The van der Waals surface area contributed by atoms with Crippen LogP contribution in [0.5, 0.6) is 0 Å². The first-order chi connectivity index (χ1) is 11.2. The average Bonchev–Trinajstić information content (AvgIpc) is 2.81. The number of nitro groups is 1. The molecule has 0 saturated carbocycles. The quantitative estimate of drug-likeness (QED) is 0.674. The lowest BCUT2D eigenvalue weighted by Gasteiger charge is -2.14. The standard InChI is InChI=1S/C13H7F3N6O2/c14-13(15,16)9-3-8(22(23)24)2-1-7(9)6-21-11(5-18)10(4-17)20-12(21)19/h1-3H,6H2,(H2,19,20). The number of nitrogens with two attached hydrogens (primary N) is 1. The number of non-ortho nitro benzene ring substituents is 1. The Morgan fingerprint density at radius 1 is 1.33 bits per heavy atom. The minimum Gasteiger partial charge on any atom is -0.369 e. The van der Waals surface area contributed by atoms with E-state index in [0.717, 1.165) is 16.7 Å². The molecule has 11 heteroatoms. The first kappa shape index (κ1) is 16.8. The van der Waals surface area contributed by atoms with Gasteiger partial charge >= 0.3 is 6.18 Å². The monoisotopic (exact) mass is 336 g/mol. The summed E-state index contributed by atoms with van der Waals surface area (Å²) in [5.41, 5.74) is 2.64. The molecule has 0 aliphatic heterocycles. The van der Waals surface area contributed by atoms with Crippen molar-refractivity contribution in [2.24, 2.45) is 0 Å². The summed E-state index contributed by atoms with van der Waals surface area (Å²) in [5.74, 6) is -0.311. The number of imidazole rings is 1. The van der Waals surface area contributed by atoms with Crippen LogP contribution in [0, 0.1) is 32.8 Å². The van der Waals surface area contributed by atoms with Crippen LogP contribution in [-0.2, 0) is 12.7 Å². The molecule has 1 heterocycles. The van der Waals surface area contributed by atoms with Crippen LogP contribution >= 0.6 is 0 Å². The van der Waals surface area contributed by atoms with Gasteiger partial charge in [0.1, 0.15) is 12.1 Å². The highest BCUT2D eigenvalue weighted by molar-refractivity contribution is 5.46. The lowest BCUT2D eigenvalue weighted by Crippen LogP contribution is -2.14. The molecule has 8 nitrogen and oxygen atoms in total. The fraction of sp³-hybridized carbons (Fsp3) is 0.154. The van der Waals surface area contributed by atoms with Gasteiger partial charge in [0.25, 0.3) is 5.69 Å². The molecule has 2 aromatic rings. The smallest absolute Gasteiger partial charge is 0.369 e. The van der Waals surface area contributed by atoms with Crippen LogP contribution in [0.3, 0.4) is 0 Å². The molecular weight excluding hydrogens is 329 g/mol. The number of hydrogen-bond acceptors (Lipinski definition) is 6. The summed E-state index contributed by atoms with van der Waals surface area (Å²) in [6, 6.07) is 5.51. The highest BCUT2D eigenvalue weighted by Gasteiger charge is 2.35. The summed E-state index contributed by atoms with van der Waals surface area (Å²) in [7, 11) is 0. The summed E-state index contributed by atoms with van der Waals surface area (Å²) in [6.45, 7) is -0.518. The summed E-state index contributed by atoms with van der Waals surface area (Å²) in [4.78, 5) is 13.3. The number of alkyl halides is 3. The number of benzene rings is 1. The van der Waals surface area contributed by atoms with Crippen LogP contribution in [0.25, 0.3) is 0 Å². The first-order valence-electron chi connectivity index (χ1n) is 6.19. The van der Waals surface area contributed by atoms with Crippen LogP contribution in [0.1, 0.15) is 22.5 Å². The Kier molecular flexibility index (Phi) is 4.11. The maximum absolute atomic E-state index is 13.2. The number of aromatic nitrogens is 2. The fourth-order valence-corrected chi connectivity index (χ4v) is 2.07. The van der Waals surface area contributed by atoms with Gasteiger partial charge in [-0.05, 0) is 11.6 Å². The molecule has 0 spiro atoms. The van der Waals surface area contributed by atoms with Gasteiger partial charge < -0.3 is 5.73 Å². The Morgan fingerprint density at radius 2 is 2.00 bits per heavy atom. The summed E-state index contributed by atoms with van der Waals surface area (Å²) in [6.07, 6.45) is -4.85. The third-order valence-electron chi connectivity index (χ3n) is 3.15. The molecule has 0 aliphatic rings. The molecule has 0 radical (unpaired) electrons. The Morgan fingerprint density at radius 3 is 2.50 bits per heavy atom. The van der Waals surface area contributed by atoms with Gasteiger partial charge in [-0.3, -0.25) is 14.7 Å². The van der Waals surface area contributed by atoms with Gasteiger partial charge in [0.2, 0.25) is 5.95 Å². The number of nitrogen functional groups attached to an aromatic ring is 1. The summed E-state index contributed by atoms with van der Waals surface area (Å²) in [5, 5.41) is 28.6. The van der Waals surface area contributed by atoms with Gasteiger partial charge in [0.05, 0.1) is 17.0 Å². The Hall–Kier alpha value is -3.60. The van der Waals surface area contributed by atoms with Crippen molar-refractivity contribution in [3.8, 4) is 12.1 Å². The topological polar surface area (TPSA) is 135 Å². The molecule has 0 amide bonds. The highest BCUT2D eigenvalue weighted by Crippen LogP contribution is 2.35. The van der Waals surface area contributed by atoms with Crippen molar-refractivity contribution in [2.75, 3.05) is 5.73 Å². The van der Waals surface area contributed by atoms with Crippen LogP contribution in [0.2, 0.25) is 0 Å². The van der Waals surface area contributed by atoms with Crippen molar-refractivity contribution < 1.29 is 18.1 Å².